The first-order valence-electron chi connectivity index (χ1n) is 6.89. The van der Waals surface area contributed by atoms with Crippen molar-refractivity contribution in [2.75, 3.05) is 20.1 Å². The smallest absolute Gasteiger partial charge is 0.222 e. The molecule has 0 aliphatic carbocycles. The predicted octanol–water partition coefficient (Wildman–Crippen LogP) is 2.12. The van der Waals surface area contributed by atoms with Crippen LogP contribution in [-0.4, -0.2) is 37.0 Å². The Labute approximate surface area is 106 Å². The molecule has 1 saturated heterocycles. The molecule has 0 aromatic rings. The molecule has 1 N–H and O–H groups in total. The molecule has 2 atom stereocenters. The first-order valence-corrected chi connectivity index (χ1v) is 6.89. The number of likely N-dealkylation sites (tertiary alicyclic amines) is 1. The number of amides is 1. The van der Waals surface area contributed by atoms with Gasteiger partial charge in [0.1, 0.15) is 0 Å². The summed E-state index contributed by atoms with van der Waals surface area (Å²) >= 11 is 0. The van der Waals surface area contributed by atoms with E-state index in [2.05, 4.69) is 37.9 Å². The number of rotatable bonds is 4. The summed E-state index contributed by atoms with van der Waals surface area (Å²) in [5.74, 6) is 2.07. The van der Waals surface area contributed by atoms with Gasteiger partial charge in [0.05, 0.1) is 0 Å². The maximum atomic E-state index is 12.1. The van der Waals surface area contributed by atoms with Gasteiger partial charge in [-0.1, -0.05) is 27.7 Å². The Morgan fingerprint density at radius 2 is 1.94 bits per heavy atom. The Morgan fingerprint density at radius 1 is 1.29 bits per heavy atom. The largest absolute Gasteiger partial charge is 0.341 e. The van der Waals surface area contributed by atoms with Crippen LogP contribution in [-0.2, 0) is 4.79 Å². The van der Waals surface area contributed by atoms with Crippen LogP contribution in [0.5, 0.6) is 0 Å². The van der Waals surface area contributed by atoms with Crippen LogP contribution >= 0.6 is 0 Å². The van der Waals surface area contributed by atoms with E-state index in [4.69, 9.17) is 0 Å². The summed E-state index contributed by atoms with van der Waals surface area (Å²) in [5, 5.41) is 3.33. The first-order chi connectivity index (χ1) is 7.93. The van der Waals surface area contributed by atoms with Gasteiger partial charge in [-0.2, -0.15) is 0 Å². The van der Waals surface area contributed by atoms with Gasteiger partial charge in [0, 0.05) is 25.6 Å². The third kappa shape index (κ3) is 4.30. The monoisotopic (exact) mass is 240 g/mol. The zero-order valence-electron chi connectivity index (χ0n) is 12.0. The van der Waals surface area contributed by atoms with E-state index in [1.165, 1.54) is 6.42 Å². The van der Waals surface area contributed by atoms with Gasteiger partial charge in [-0.05, 0) is 31.2 Å². The summed E-state index contributed by atoms with van der Waals surface area (Å²) in [6, 6.07) is 0.465. The Bertz CT molecular complexity index is 251. The molecule has 1 amide bonds. The van der Waals surface area contributed by atoms with E-state index in [1.807, 2.05) is 7.05 Å². The SMILES string of the molecule is CNC1CC(C(C)C)CN(C(=O)CC(C)C)C1. The molecule has 1 fully saturated rings. The van der Waals surface area contributed by atoms with Crippen LogP contribution in [0.3, 0.4) is 0 Å². The van der Waals surface area contributed by atoms with Crippen LogP contribution in [0.15, 0.2) is 0 Å². The average molecular weight is 240 g/mol. The lowest BCUT2D eigenvalue weighted by Crippen LogP contribution is -2.51. The molecule has 3 heteroatoms. The molecule has 1 rings (SSSR count). The van der Waals surface area contributed by atoms with Gasteiger partial charge in [0.15, 0.2) is 0 Å². The summed E-state index contributed by atoms with van der Waals surface area (Å²) in [6.07, 6.45) is 1.88. The molecule has 2 unspecified atom stereocenters. The third-order valence-corrected chi connectivity index (χ3v) is 3.77. The maximum absolute atomic E-state index is 12.1. The molecule has 3 nitrogen and oxygen atoms in total. The summed E-state index contributed by atoms with van der Waals surface area (Å²) in [6.45, 7) is 10.6. The molecule has 100 valence electrons. The normalized spacial score (nSPS) is 25.7. The van der Waals surface area contributed by atoms with Crippen LogP contribution in [0, 0.1) is 17.8 Å². The lowest BCUT2D eigenvalue weighted by atomic mass is 9.85. The van der Waals surface area contributed by atoms with Crippen molar-refractivity contribution in [1.82, 2.24) is 10.2 Å². The maximum Gasteiger partial charge on any atom is 0.222 e. The first kappa shape index (κ1) is 14.5. The minimum Gasteiger partial charge on any atom is -0.341 e. The fourth-order valence-electron chi connectivity index (χ4n) is 2.51. The van der Waals surface area contributed by atoms with Crippen molar-refractivity contribution in [3.63, 3.8) is 0 Å². The summed E-state index contributed by atoms with van der Waals surface area (Å²) < 4.78 is 0. The molecular formula is C14H28N2O. The van der Waals surface area contributed by atoms with E-state index >= 15 is 0 Å². The van der Waals surface area contributed by atoms with Crippen molar-refractivity contribution in [3.05, 3.63) is 0 Å². The van der Waals surface area contributed by atoms with Crippen molar-refractivity contribution in [2.45, 2.75) is 46.6 Å². The fraction of sp³-hybridized carbons (Fsp3) is 0.929. The number of nitrogens with one attached hydrogen (secondary N) is 1. The van der Waals surface area contributed by atoms with Crippen molar-refractivity contribution >= 4 is 5.91 Å². The predicted molar refractivity (Wildman–Crippen MR) is 71.8 cm³/mol. The number of hydrogen-bond acceptors (Lipinski definition) is 2. The van der Waals surface area contributed by atoms with E-state index in [1.54, 1.807) is 0 Å². The molecule has 1 aliphatic rings. The standard InChI is InChI=1S/C14H28N2O/c1-10(2)6-14(17)16-8-12(11(3)4)7-13(9-16)15-5/h10-13,15H,6-9H2,1-5H3. The van der Waals surface area contributed by atoms with Crippen LogP contribution in [0.4, 0.5) is 0 Å². The third-order valence-electron chi connectivity index (χ3n) is 3.77. The number of carbonyl (C=O) groups excluding carboxylic acids is 1. The molecule has 0 aromatic carbocycles. The van der Waals surface area contributed by atoms with E-state index in [-0.39, 0.29) is 0 Å². The van der Waals surface area contributed by atoms with Crippen molar-refractivity contribution in [3.8, 4) is 0 Å². The summed E-state index contributed by atoms with van der Waals surface area (Å²) in [7, 11) is 2.00. The average Bonchev–Trinajstić information content (AvgIpc) is 2.27. The molecule has 0 saturated carbocycles. The highest BCUT2D eigenvalue weighted by atomic mass is 16.2. The second-order valence-electron chi connectivity index (χ2n) is 6.12. The van der Waals surface area contributed by atoms with Gasteiger partial charge in [-0.25, -0.2) is 0 Å². The van der Waals surface area contributed by atoms with Crippen molar-refractivity contribution in [2.24, 2.45) is 17.8 Å². The topological polar surface area (TPSA) is 32.3 Å². The molecule has 0 bridgehead atoms. The quantitative estimate of drug-likeness (QED) is 0.816. The van der Waals surface area contributed by atoms with Crippen molar-refractivity contribution in [1.29, 1.82) is 0 Å². The molecular weight excluding hydrogens is 212 g/mol. The molecule has 0 radical (unpaired) electrons. The van der Waals surface area contributed by atoms with Crippen LogP contribution in [0.25, 0.3) is 0 Å². The second-order valence-corrected chi connectivity index (χ2v) is 6.12. The summed E-state index contributed by atoms with van der Waals surface area (Å²) in [5.41, 5.74) is 0. The zero-order valence-corrected chi connectivity index (χ0v) is 12.0. The van der Waals surface area contributed by atoms with Crippen molar-refractivity contribution < 1.29 is 4.79 Å². The number of nitrogens with zero attached hydrogens (tertiary/aromatic N) is 1. The van der Waals surface area contributed by atoms with Crippen LogP contribution in [0.2, 0.25) is 0 Å². The Kier molecular flexibility index (Phi) is 5.44. The van der Waals surface area contributed by atoms with Gasteiger partial charge in [-0.3, -0.25) is 4.79 Å². The van der Waals surface area contributed by atoms with E-state index in [0.717, 1.165) is 13.1 Å². The van der Waals surface area contributed by atoms with Gasteiger partial charge < -0.3 is 10.2 Å². The lowest BCUT2D eigenvalue weighted by Gasteiger charge is -2.39. The van der Waals surface area contributed by atoms with Gasteiger partial charge in [-0.15, -0.1) is 0 Å². The van der Waals surface area contributed by atoms with E-state index < -0.39 is 0 Å². The fourth-order valence-corrected chi connectivity index (χ4v) is 2.51. The minimum atomic E-state index is 0.325. The van der Waals surface area contributed by atoms with Crippen LogP contribution < -0.4 is 5.32 Å². The Hall–Kier alpha value is -0.570. The number of hydrogen-bond donors (Lipinski definition) is 1. The van der Waals surface area contributed by atoms with Crippen LogP contribution in [0.1, 0.15) is 40.5 Å². The molecule has 17 heavy (non-hydrogen) atoms. The highest BCUT2D eigenvalue weighted by molar-refractivity contribution is 5.76. The lowest BCUT2D eigenvalue weighted by molar-refractivity contribution is -0.134. The number of likely N-dealkylation sites (N-methyl/N-ethyl adjacent to an activating group) is 1. The molecule has 1 heterocycles. The molecule has 1 aliphatic heterocycles. The van der Waals surface area contributed by atoms with E-state index in [0.29, 0.717) is 36.1 Å². The number of carbonyl (C=O) groups is 1. The number of piperidine rings is 1. The highest BCUT2D eigenvalue weighted by Gasteiger charge is 2.30. The molecule has 0 aromatic heterocycles. The Balaban J connectivity index is 2.62. The summed E-state index contributed by atoms with van der Waals surface area (Å²) in [4.78, 5) is 14.2. The van der Waals surface area contributed by atoms with E-state index in [9.17, 15) is 4.79 Å². The van der Waals surface area contributed by atoms with Gasteiger partial charge in [0.25, 0.3) is 0 Å². The zero-order chi connectivity index (χ0) is 13.0. The second kappa shape index (κ2) is 6.39. The van der Waals surface area contributed by atoms with Gasteiger partial charge in [0.2, 0.25) is 5.91 Å². The highest BCUT2D eigenvalue weighted by Crippen LogP contribution is 2.24. The Morgan fingerprint density at radius 3 is 2.41 bits per heavy atom. The minimum absolute atomic E-state index is 0.325. The van der Waals surface area contributed by atoms with Gasteiger partial charge >= 0.3 is 0 Å². The molecule has 0 spiro atoms.